The van der Waals surface area contributed by atoms with Crippen LogP contribution in [0.2, 0.25) is 0 Å². The van der Waals surface area contributed by atoms with Gasteiger partial charge in [-0.25, -0.2) is 8.78 Å². The molecule has 0 saturated heterocycles. The Morgan fingerprint density at radius 1 is 1.10 bits per heavy atom. The summed E-state index contributed by atoms with van der Waals surface area (Å²) in [6, 6.07) is 13.7. The first-order valence-electron chi connectivity index (χ1n) is 5.83. The standard InChI is InChI=1S/C15H10F2N2O/c16-12-7-4-8-13(14(12)17)19-15(20)11(9-18)10-5-2-1-3-6-10/h1-8,11H,(H,19,20). The molecule has 0 aliphatic heterocycles. The van der Waals surface area contributed by atoms with Crippen molar-refractivity contribution in [2.45, 2.75) is 5.92 Å². The summed E-state index contributed by atoms with van der Waals surface area (Å²) in [5, 5.41) is 11.3. The lowest BCUT2D eigenvalue weighted by Crippen LogP contribution is -2.20. The molecule has 5 heteroatoms. The molecule has 0 aromatic heterocycles. The third kappa shape index (κ3) is 2.81. The summed E-state index contributed by atoms with van der Waals surface area (Å²) in [5.74, 6) is -4.00. The summed E-state index contributed by atoms with van der Waals surface area (Å²) in [6.07, 6.45) is 0. The van der Waals surface area contributed by atoms with E-state index in [2.05, 4.69) is 5.32 Å². The maximum Gasteiger partial charge on any atom is 0.246 e. The summed E-state index contributed by atoms with van der Waals surface area (Å²) in [6.45, 7) is 0. The maximum absolute atomic E-state index is 13.5. The second kappa shape index (κ2) is 5.93. The summed E-state index contributed by atoms with van der Waals surface area (Å²) in [7, 11) is 0. The second-order valence-corrected chi connectivity index (χ2v) is 4.06. The number of benzene rings is 2. The number of amides is 1. The summed E-state index contributed by atoms with van der Waals surface area (Å²) < 4.78 is 26.5. The molecule has 0 aliphatic carbocycles. The molecule has 2 aromatic carbocycles. The largest absolute Gasteiger partial charge is 0.322 e. The Labute approximate surface area is 114 Å². The SMILES string of the molecule is N#CC(C(=O)Nc1cccc(F)c1F)c1ccccc1. The van der Waals surface area contributed by atoms with Gasteiger partial charge in [-0.2, -0.15) is 5.26 Å². The van der Waals surface area contributed by atoms with Crippen molar-refractivity contribution in [3.63, 3.8) is 0 Å². The highest BCUT2D eigenvalue weighted by Gasteiger charge is 2.21. The van der Waals surface area contributed by atoms with Crippen LogP contribution >= 0.6 is 0 Å². The van der Waals surface area contributed by atoms with Gasteiger partial charge >= 0.3 is 0 Å². The van der Waals surface area contributed by atoms with E-state index in [1.807, 2.05) is 6.07 Å². The van der Waals surface area contributed by atoms with Crippen LogP contribution in [0.15, 0.2) is 48.5 Å². The average Bonchev–Trinajstić information content (AvgIpc) is 2.46. The number of nitrogens with one attached hydrogen (secondary N) is 1. The lowest BCUT2D eigenvalue weighted by atomic mass is 10.00. The fourth-order valence-electron chi connectivity index (χ4n) is 1.74. The average molecular weight is 272 g/mol. The second-order valence-electron chi connectivity index (χ2n) is 4.06. The predicted octanol–water partition coefficient (Wildman–Crippen LogP) is 3.21. The molecule has 0 bridgehead atoms. The van der Waals surface area contributed by atoms with Gasteiger partial charge in [-0.3, -0.25) is 4.79 Å². The minimum atomic E-state index is -1.15. The van der Waals surface area contributed by atoms with Crippen molar-refractivity contribution in [1.82, 2.24) is 0 Å². The molecular weight excluding hydrogens is 262 g/mol. The topological polar surface area (TPSA) is 52.9 Å². The molecule has 1 unspecified atom stereocenters. The Bertz CT molecular complexity index is 665. The van der Waals surface area contributed by atoms with Crippen LogP contribution in [0.1, 0.15) is 11.5 Å². The molecule has 0 fully saturated rings. The van der Waals surface area contributed by atoms with Crippen molar-refractivity contribution < 1.29 is 13.6 Å². The van der Waals surface area contributed by atoms with Crippen molar-refractivity contribution in [3.05, 3.63) is 65.7 Å². The number of rotatable bonds is 3. The third-order valence-corrected chi connectivity index (χ3v) is 2.73. The summed E-state index contributed by atoms with van der Waals surface area (Å²) in [5.41, 5.74) is 0.204. The smallest absolute Gasteiger partial charge is 0.246 e. The quantitative estimate of drug-likeness (QED) is 0.932. The zero-order valence-electron chi connectivity index (χ0n) is 10.3. The molecule has 2 rings (SSSR count). The van der Waals surface area contributed by atoms with Gasteiger partial charge in [0.05, 0.1) is 11.8 Å². The normalized spacial score (nSPS) is 11.4. The number of nitrogens with zero attached hydrogens (tertiary/aromatic N) is 1. The molecule has 0 saturated carbocycles. The molecule has 0 radical (unpaired) electrons. The third-order valence-electron chi connectivity index (χ3n) is 2.73. The Morgan fingerprint density at radius 2 is 1.80 bits per heavy atom. The Kier molecular flexibility index (Phi) is 4.06. The fourth-order valence-corrected chi connectivity index (χ4v) is 1.74. The van der Waals surface area contributed by atoms with Crippen molar-refractivity contribution in [3.8, 4) is 6.07 Å². The van der Waals surface area contributed by atoms with Gasteiger partial charge in [-0.1, -0.05) is 36.4 Å². The molecule has 0 heterocycles. The first-order valence-corrected chi connectivity index (χ1v) is 5.83. The fraction of sp³-hybridized carbons (Fsp3) is 0.0667. The van der Waals surface area contributed by atoms with Crippen molar-refractivity contribution in [1.29, 1.82) is 5.26 Å². The van der Waals surface area contributed by atoms with E-state index in [0.29, 0.717) is 5.56 Å². The van der Waals surface area contributed by atoms with Crippen LogP contribution in [0.3, 0.4) is 0 Å². The molecular formula is C15H10F2N2O. The Hall–Kier alpha value is -2.74. The highest BCUT2D eigenvalue weighted by atomic mass is 19.2. The van der Waals surface area contributed by atoms with Crippen molar-refractivity contribution >= 4 is 11.6 Å². The van der Waals surface area contributed by atoms with E-state index in [1.165, 1.54) is 12.1 Å². The molecule has 3 nitrogen and oxygen atoms in total. The van der Waals surface area contributed by atoms with Gasteiger partial charge in [0.2, 0.25) is 5.91 Å². The van der Waals surface area contributed by atoms with Crippen LogP contribution in [-0.2, 0) is 4.79 Å². The van der Waals surface area contributed by atoms with Crippen LogP contribution in [0.25, 0.3) is 0 Å². The molecule has 1 amide bonds. The van der Waals surface area contributed by atoms with Crippen LogP contribution in [0.4, 0.5) is 14.5 Å². The van der Waals surface area contributed by atoms with Crippen LogP contribution in [0, 0.1) is 23.0 Å². The molecule has 1 N–H and O–H groups in total. The van der Waals surface area contributed by atoms with Gasteiger partial charge in [0.25, 0.3) is 0 Å². The monoisotopic (exact) mass is 272 g/mol. The van der Waals surface area contributed by atoms with E-state index in [0.717, 1.165) is 6.07 Å². The number of nitriles is 1. The number of carbonyl (C=O) groups is 1. The molecule has 2 aromatic rings. The van der Waals surface area contributed by atoms with Gasteiger partial charge in [0.1, 0.15) is 0 Å². The lowest BCUT2D eigenvalue weighted by molar-refractivity contribution is -0.116. The van der Waals surface area contributed by atoms with Gasteiger partial charge in [0, 0.05) is 0 Å². The zero-order valence-corrected chi connectivity index (χ0v) is 10.3. The van der Waals surface area contributed by atoms with Crippen molar-refractivity contribution in [2.75, 3.05) is 5.32 Å². The van der Waals surface area contributed by atoms with E-state index < -0.39 is 23.5 Å². The van der Waals surface area contributed by atoms with Gasteiger partial charge in [-0.05, 0) is 17.7 Å². The summed E-state index contributed by atoms with van der Waals surface area (Å²) in [4.78, 5) is 12.0. The molecule has 0 spiro atoms. The van der Waals surface area contributed by atoms with Crippen LogP contribution < -0.4 is 5.32 Å². The van der Waals surface area contributed by atoms with E-state index in [-0.39, 0.29) is 5.69 Å². The van der Waals surface area contributed by atoms with Crippen LogP contribution in [-0.4, -0.2) is 5.91 Å². The number of anilines is 1. The van der Waals surface area contributed by atoms with Crippen LogP contribution in [0.5, 0.6) is 0 Å². The first kappa shape index (κ1) is 13.7. The van der Waals surface area contributed by atoms with E-state index in [4.69, 9.17) is 5.26 Å². The highest BCUT2D eigenvalue weighted by molar-refractivity contribution is 5.97. The minimum Gasteiger partial charge on any atom is -0.322 e. The molecule has 20 heavy (non-hydrogen) atoms. The van der Waals surface area contributed by atoms with Gasteiger partial charge in [0.15, 0.2) is 17.6 Å². The number of hydrogen-bond acceptors (Lipinski definition) is 2. The van der Waals surface area contributed by atoms with Gasteiger partial charge < -0.3 is 5.32 Å². The van der Waals surface area contributed by atoms with Gasteiger partial charge in [-0.15, -0.1) is 0 Å². The number of hydrogen-bond donors (Lipinski definition) is 1. The first-order chi connectivity index (χ1) is 9.63. The van der Waals surface area contributed by atoms with E-state index in [9.17, 15) is 13.6 Å². The van der Waals surface area contributed by atoms with E-state index in [1.54, 1.807) is 30.3 Å². The molecule has 100 valence electrons. The number of carbonyl (C=O) groups excluding carboxylic acids is 1. The summed E-state index contributed by atoms with van der Waals surface area (Å²) >= 11 is 0. The molecule has 0 aliphatic rings. The van der Waals surface area contributed by atoms with E-state index >= 15 is 0 Å². The van der Waals surface area contributed by atoms with Crippen molar-refractivity contribution in [2.24, 2.45) is 0 Å². The Morgan fingerprint density at radius 3 is 2.45 bits per heavy atom. The number of halogens is 2. The predicted molar refractivity (Wildman–Crippen MR) is 69.8 cm³/mol. The lowest BCUT2D eigenvalue weighted by Gasteiger charge is -2.11. The highest BCUT2D eigenvalue weighted by Crippen LogP contribution is 2.20. The Balaban J connectivity index is 2.23. The zero-order chi connectivity index (χ0) is 14.5. The molecule has 1 atom stereocenters. The maximum atomic E-state index is 13.5. The minimum absolute atomic E-state index is 0.286.